The molecule has 0 unspecified atom stereocenters. The molecule has 1 rings (SSSR count). The number of isothiocyanates is 1. The van der Waals surface area contributed by atoms with Crippen LogP contribution in [0.1, 0.15) is 22.1 Å². The summed E-state index contributed by atoms with van der Waals surface area (Å²) in [7, 11) is 0. The molecule has 1 aromatic carbocycles. The maximum absolute atomic E-state index is 10.7. The van der Waals surface area contributed by atoms with Gasteiger partial charge in [-0.3, -0.25) is 0 Å². The normalized spacial score (nSPS) is 8.50. The van der Waals surface area contributed by atoms with E-state index >= 15 is 0 Å². The van der Waals surface area contributed by atoms with Gasteiger partial charge in [0, 0.05) is 0 Å². The molecule has 0 fully saturated rings. The quantitative estimate of drug-likeness (QED) is 0.403. The van der Waals surface area contributed by atoms with Crippen LogP contribution in [0.3, 0.4) is 0 Å². The Bertz CT molecular complexity index is 425. The number of carboxylic acids is 2. The predicted molar refractivity (Wildman–Crippen MR) is 56.2 cm³/mol. The van der Waals surface area contributed by atoms with Crippen molar-refractivity contribution in [2.45, 2.75) is 0 Å². The van der Waals surface area contributed by atoms with Crippen molar-refractivity contribution in [1.29, 1.82) is 0 Å². The van der Waals surface area contributed by atoms with Crippen molar-refractivity contribution >= 4 is 35.0 Å². The van der Waals surface area contributed by atoms with Gasteiger partial charge in [-0.25, -0.2) is 9.59 Å². The van der Waals surface area contributed by atoms with Crippen LogP contribution in [0.4, 0.5) is 5.69 Å². The second kappa shape index (κ2) is 6.52. The Kier molecular flexibility index (Phi) is 6.10. The van der Waals surface area contributed by atoms with E-state index in [1.807, 2.05) is 5.16 Å². The minimum Gasteiger partial charge on any atom is -1.00 e. The molecule has 78 valence electrons. The molecule has 16 heavy (non-hydrogen) atoms. The standard InChI is InChI=1S/C9H5NO4S.Na.H/c11-8(12)5-1-6(9(13)14)3-7(2-5)10-4-15;;/h1-3H,(H,11,12)(H,13,14);;/q;+1;-1. The Morgan fingerprint density at radius 1 is 1.19 bits per heavy atom. The summed E-state index contributed by atoms with van der Waals surface area (Å²) in [6.07, 6.45) is 0. The number of thiocarbonyl (C=S) groups is 1. The number of rotatable bonds is 3. The SMILES string of the molecule is O=C(O)c1cc(N=C=S)cc(C(=O)O)c1.[H-].[Na+]. The third-order valence-electron chi connectivity index (χ3n) is 1.59. The van der Waals surface area contributed by atoms with E-state index in [1.54, 1.807) is 0 Å². The Hall–Kier alpha value is -1.04. The number of hydrogen-bond donors (Lipinski definition) is 2. The average molecular weight is 247 g/mol. The number of nitrogens with zero attached hydrogens (tertiary/aromatic N) is 1. The molecule has 0 spiro atoms. The van der Waals surface area contributed by atoms with Gasteiger partial charge in [0.05, 0.1) is 22.0 Å². The Balaban J connectivity index is 0. The van der Waals surface area contributed by atoms with Gasteiger partial charge in [0.2, 0.25) is 0 Å². The summed E-state index contributed by atoms with van der Waals surface area (Å²) in [5, 5.41) is 19.4. The summed E-state index contributed by atoms with van der Waals surface area (Å²) in [4.78, 5) is 24.8. The first-order valence-corrected chi connectivity index (χ1v) is 4.15. The molecule has 0 radical (unpaired) electrons. The van der Waals surface area contributed by atoms with Gasteiger partial charge in [-0.15, -0.1) is 0 Å². The third-order valence-corrected chi connectivity index (χ3v) is 1.68. The van der Waals surface area contributed by atoms with Crippen LogP contribution in [0, 0.1) is 0 Å². The first kappa shape index (κ1) is 15.0. The van der Waals surface area contributed by atoms with Crippen molar-refractivity contribution in [1.82, 2.24) is 0 Å². The van der Waals surface area contributed by atoms with Crippen molar-refractivity contribution < 1.29 is 50.8 Å². The molecular weight excluding hydrogens is 241 g/mol. The average Bonchev–Trinajstić information content (AvgIpc) is 2.17. The summed E-state index contributed by atoms with van der Waals surface area (Å²) in [6, 6.07) is 3.48. The van der Waals surface area contributed by atoms with Crippen molar-refractivity contribution in [2.24, 2.45) is 4.99 Å². The number of benzene rings is 1. The fraction of sp³-hybridized carbons (Fsp3) is 0. The van der Waals surface area contributed by atoms with E-state index in [9.17, 15) is 9.59 Å². The van der Waals surface area contributed by atoms with Crippen LogP contribution in [-0.2, 0) is 0 Å². The van der Waals surface area contributed by atoms with Crippen molar-refractivity contribution in [3.8, 4) is 0 Å². The number of carbonyl (C=O) groups is 2. The van der Waals surface area contributed by atoms with Crippen molar-refractivity contribution in [3.05, 3.63) is 29.3 Å². The molecular formula is C9H6NNaO4S. The number of aromatic carboxylic acids is 2. The zero-order valence-electron chi connectivity index (χ0n) is 9.30. The molecule has 5 nitrogen and oxygen atoms in total. The predicted octanol–water partition coefficient (Wildman–Crippen LogP) is -1.07. The molecule has 0 atom stereocenters. The Morgan fingerprint density at radius 3 is 1.94 bits per heavy atom. The summed E-state index contributed by atoms with van der Waals surface area (Å²) in [5.41, 5.74) is -0.153. The smallest absolute Gasteiger partial charge is 1.00 e. The Morgan fingerprint density at radius 2 is 1.62 bits per heavy atom. The van der Waals surface area contributed by atoms with Crippen LogP contribution in [0.15, 0.2) is 23.2 Å². The maximum atomic E-state index is 10.7. The van der Waals surface area contributed by atoms with Crippen LogP contribution in [0.25, 0.3) is 0 Å². The monoisotopic (exact) mass is 247 g/mol. The first-order chi connectivity index (χ1) is 7.04. The molecule has 0 aromatic heterocycles. The topological polar surface area (TPSA) is 87.0 Å². The van der Waals surface area contributed by atoms with Gasteiger partial charge in [0.15, 0.2) is 0 Å². The first-order valence-electron chi connectivity index (χ1n) is 3.74. The van der Waals surface area contributed by atoms with E-state index in [0.29, 0.717) is 0 Å². The van der Waals surface area contributed by atoms with Gasteiger partial charge in [-0.05, 0) is 30.4 Å². The van der Waals surface area contributed by atoms with Gasteiger partial charge in [0.25, 0.3) is 0 Å². The molecule has 0 saturated carbocycles. The van der Waals surface area contributed by atoms with E-state index in [-0.39, 0.29) is 47.8 Å². The third kappa shape index (κ3) is 3.84. The van der Waals surface area contributed by atoms with Gasteiger partial charge in [0.1, 0.15) is 0 Å². The molecule has 1 aromatic rings. The fourth-order valence-corrected chi connectivity index (χ4v) is 1.08. The number of hydrogen-bond acceptors (Lipinski definition) is 4. The minimum atomic E-state index is -1.22. The van der Waals surface area contributed by atoms with Crippen LogP contribution in [0.5, 0.6) is 0 Å². The molecule has 0 aliphatic rings. The number of aliphatic imine (C=N–C) groups is 1. The molecule has 7 heteroatoms. The summed E-state index contributed by atoms with van der Waals surface area (Å²) in [5.74, 6) is -2.45. The van der Waals surface area contributed by atoms with Crippen LogP contribution >= 0.6 is 12.2 Å². The summed E-state index contributed by atoms with van der Waals surface area (Å²) in [6.45, 7) is 0. The second-order valence-electron chi connectivity index (χ2n) is 2.58. The van der Waals surface area contributed by atoms with E-state index in [4.69, 9.17) is 10.2 Å². The van der Waals surface area contributed by atoms with Gasteiger partial charge in [-0.2, -0.15) is 4.99 Å². The fourth-order valence-electron chi connectivity index (χ4n) is 0.975. The van der Waals surface area contributed by atoms with Gasteiger partial charge >= 0.3 is 41.5 Å². The summed E-state index contributed by atoms with van der Waals surface area (Å²) >= 11 is 4.34. The largest absolute Gasteiger partial charge is 1.00 e. The van der Waals surface area contributed by atoms with E-state index in [2.05, 4.69) is 17.2 Å². The summed E-state index contributed by atoms with van der Waals surface area (Å²) < 4.78 is 0. The number of carboxylic acid groups (broad SMARTS) is 2. The van der Waals surface area contributed by atoms with E-state index in [0.717, 1.165) is 6.07 Å². The van der Waals surface area contributed by atoms with Crippen LogP contribution in [-0.4, -0.2) is 27.3 Å². The molecule has 0 aliphatic heterocycles. The Labute approximate surface area is 120 Å². The van der Waals surface area contributed by atoms with Gasteiger partial charge in [-0.1, -0.05) is 0 Å². The molecule has 0 heterocycles. The van der Waals surface area contributed by atoms with E-state index in [1.165, 1.54) is 12.1 Å². The molecule has 0 aliphatic carbocycles. The minimum absolute atomic E-state index is 0. The van der Waals surface area contributed by atoms with Gasteiger partial charge < -0.3 is 11.6 Å². The zero-order chi connectivity index (χ0) is 11.4. The van der Waals surface area contributed by atoms with Crippen LogP contribution in [0.2, 0.25) is 0 Å². The van der Waals surface area contributed by atoms with Crippen molar-refractivity contribution in [2.75, 3.05) is 0 Å². The molecule has 0 bridgehead atoms. The molecule has 2 N–H and O–H groups in total. The molecule has 0 saturated heterocycles. The zero-order valence-corrected chi connectivity index (χ0v) is 11.1. The van der Waals surface area contributed by atoms with E-state index < -0.39 is 11.9 Å². The van der Waals surface area contributed by atoms with Crippen LogP contribution < -0.4 is 29.6 Å². The second-order valence-corrected chi connectivity index (χ2v) is 2.76. The maximum Gasteiger partial charge on any atom is 1.00 e. The van der Waals surface area contributed by atoms with Crippen molar-refractivity contribution in [3.63, 3.8) is 0 Å². The molecule has 0 amide bonds.